The molecule has 3 amide bonds. The lowest BCUT2D eigenvalue weighted by Gasteiger charge is -2.33. The first-order valence-corrected chi connectivity index (χ1v) is 8.32. The molecule has 1 saturated carbocycles. The number of amides is 3. The molecule has 1 unspecified atom stereocenters. The number of nitrogens with one attached hydrogen (secondary N) is 3. The van der Waals surface area contributed by atoms with Gasteiger partial charge in [-0.1, -0.05) is 0 Å². The van der Waals surface area contributed by atoms with Crippen molar-refractivity contribution in [1.82, 2.24) is 16.0 Å². The van der Waals surface area contributed by atoms with Crippen LogP contribution in [0.15, 0.2) is 0 Å². The molecule has 130 valence electrons. The number of ether oxygens (including phenoxy) is 1. The van der Waals surface area contributed by atoms with Crippen LogP contribution >= 0.6 is 0 Å². The van der Waals surface area contributed by atoms with E-state index in [9.17, 15) is 14.4 Å². The molecule has 1 saturated heterocycles. The summed E-state index contributed by atoms with van der Waals surface area (Å²) in [6, 6.07) is 0.0772. The van der Waals surface area contributed by atoms with Gasteiger partial charge in [0.15, 0.2) is 0 Å². The van der Waals surface area contributed by atoms with Gasteiger partial charge in [0.1, 0.15) is 5.60 Å². The highest BCUT2D eigenvalue weighted by Crippen LogP contribution is 2.20. The second-order valence-electron chi connectivity index (χ2n) is 7.37. The Morgan fingerprint density at radius 2 is 1.70 bits per heavy atom. The van der Waals surface area contributed by atoms with Gasteiger partial charge in [0.25, 0.3) is 0 Å². The second-order valence-corrected chi connectivity index (χ2v) is 7.37. The Labute approximate surface area is 136 Å². The number of carbonyl (C=O) groups excluding carboxylic acids is 3. The lowest BCUT2D eigenvalue weighted by Crippen LogP contribution is -2.54. The van der Waals surface area contributed by atoms with Crippen molar-refractivity contribution in [2.75, 3.05) is 0 Å². The molecule has 0 aromatic heterocycles. The Morgan fingerprint density at radius 1 is 1.09 bits per heavy atom. The standard InChI is InChI=1S/C16H27N3O4/c1-16(2,3)23-15(22)18-11-6-4-10(5-7-11)17-12-8-9-13(20)19-14(12)21/h10-12,17H,4-9H2,1-3H3,(H,18,22)(H,19,20,21). The predicted molar refractivity (Wildman–Crippen MR) is 84.7 cm³/mol. The first kappa shape index (κ1) is 17.7. The van der Waals surface area contributed by atoms with Crippen LogP contribution in [-0.2, 0) is 14.3 Å². The Morgan fingerprint density at radius 3 is 2.26 bits per heavy atom. The number of imide groups is 1. The molecule has 2 aliphatic rings. The lowest BCUT2D eigenvalue weighted by molar-refractivity contribution is -0.134. The predicted octanol–water partition coefficient (Wildman–Crippen LogP) is 1.22. The topological polar surface area (TPSA) is 96.5 Å². The molecular formula is C16H27N3O4. The molecule has 7 heteroatoms. The van der Waals surface area contributed by atoms with Crippen molar-refractivity contribution in [1.29, 1.82) is 0 Å². The van der Waals surface area contributed by atoms with E-state index < -0.39 is 5.60 Å². The highest BCUT2D eigenvalue weighted by molar-refractivity contribution is 6.00. The SMILES string of the molecule is CC(C)(C)OC(=O)NC1CCC(NC2CCC(=O)NC2=O)CC1. The maximum atomic E-state index is 11.8. The van der Waals surface area contributed by atoms with Crippen LogP contribution in [0, 0.1) is 0 Å². The van der Waals surface area contributed by atoms with Gasteiger partial charge in [-0.2, -0.15) is 0 Å². The third kappa shape index (κ3) is 5.82. The minimum absolute atomic E-state index is 0.115. The summed E-state index contributed by atoms with van der Waals surface area (Å²) in [5.74, 6) is -0.423. The van der Waals surface area contributed by atoms with Crippen molar-refractivity contribution in [2.24, 2.45) is 0 Å². The minimum Gasteiger partial charge on any atom is -0.444 e. The quantitative estimate of drug-likeness (QED) is 0.678. The van der Waals surface area contributed by atoms with Gasteiger partial charge in [-0.05, 0) is 52.9 Å². The molecule has 1 aliphatic carbocycles. The Hall–Kier alpha value is -1.63. The van der Waals surface area contributed by atoms with Gasteiger partial charge in [-0.3, -0.25) is 14.9 Å². The number of carbonyl (C=O) groups is 3. The van der Waals surface area contributed by atoms with Gasteiger partial charge < -0.3 is 15.4 Å². The first-order chi connectivity index (χ1) is 10.7. The van der Waals surface area contributed by atoms with E-state index in [1.54, 1.807) is 0 Å². The van der Waals surface area contributed by atoms with E-state index >= 15 is 0 Å². The van der Waals surface area contributed by atoms with Crippen molar-refractivity contribution in [3.8, 4) is 0 Å². The molecule has 2 rings (SSSR count). The monoisotopic (exact) mass is 325 g/mol. The number of alkyl carbamates (subject to hydrolysis) is 1. The van der Waals surface area contributed by atoms with Gasteiger partial charge >= 0.3 is 6.09 Å². The summed E-state index contributed by atoms with van der Waals surface area (Å²) in [4.78, 5) is 34.7. The maximum Gasteiger partial charge on any atom is 0.407 e. The average molecular weight is 325 g/mol. The molecule has 0 aromatic carbocycles. The molecular weight excluding hydrogens is 298 g/mol. The van der Waals surface area contributed by atoms with Crippen LogP contribution in [0.2, 0.25) is 0 Å². The number of rotatable bonds is 3. The van der Waals surface area contributed by atoms with Crippen LogP contribution in [-0.4, -0.2) is 41.6 Å². The third-order valence-electron chi connectivity index (χ3n) is 4.12. The normalized spacial score (nSPS) is 28.9. The summed E-state index contributed by atoms with van der Waals surface area (Å²) in [5.41, 5.74) is -0.491. The Bertz CT molecular complexity index is 464. The van der Waals surface area contributed by atoms with E-state index in [4.69, 9.17) is 4.74 Å². The number of hydrogen-bond donors (Lipinski definition) is 3. The molecule has 0 radical (unpaired) electrons. The highest BCUT2D eigenvalue weighted by atomic mass is 16.6. The van der Waals surface area contributed by atoms with Crippen molar-refractivity contribution < 1.29 is 19.1 Å². The second kappa shape index (κ2) is 7.29. The molecule has 1 heterocycles. The summed E-state index contributed by atoms with van der Waals surface area (Å²) < 4.78 is 5.26. The molecule has 0 bridgehead atoms. The van der Waals surface area contributed by atoms with Crippen molar-refractivity contribution in [2.45, 2.75) is 83.0 Å². The zero-order valence-electron chi connectivity index (χ0n) is 14.1. The third-order valence-corrected chi connectivity index (χ3v) is 4.12. The smallest absolute Gasteiger partial charge is 0.407 e. The fourth-order valence-electron chi connectivity index (χ4n) is 3.02. The summed E-state index contributed by atoms with van der Waals surface area (Å²) in [6.45, 7) is 5.52. The summed E-state index contributed by atoms with van der Waals surface area (Å²) in [7, 11) is 0. The van der Waals surface area contributed by atoms with Crippen LogP contribution in [0.4, 0.5) is 4.79 Å². The van der Waals surface area contributed by atoms with Crippen LogP contribution in [0.1, 0.15) is 59.3 Å². The molecule has 1 atom stereocenters. The lowest BCUT2D eigenvalue weighted by atomic mass is 9.90. The van der Waals surface area contributed by atoms with E-state index in [-0.39, 0.29) is 36.0 Å². The van der Waals surface area contributed by atoms with Gasteiger partial charge in [-0.15, -0.1) is 0 Å². The summed E-state index contributed by atoms with van der Waals surface area (Å²) >= 11 is 0. The van der Waals surface area contributed by atoms with Crippen LogP contribution in [0.3, 0.4) is 0 Å². The highest BCUT2D eigenvalue weighted by Gasteiger charge is 2.30. The van der Waals surface area contributed by atoms with Gasteiger partial charge in [0.2, 0.25) is 11.8 Å². The van der Waals surface area contributed by atoms with Crippen molar-refractivity contribution >= 4 is 17.9 Å². The molecule has 0 aromatic rings. The Kier molecular flexibility index (Phi) is 5.62. The van der Waals surface area contributed by atoms with E-state index in [1.165, 1.54) is 0 Å². The molecule has 1 aliphatic heterocycles. The van der Waals surface area contributed by atoms with E-state index in [0.717, 1.165) is 25.7 Å². The summed E-state index contributed by atoms with van der Waals surface area (Å²) in [5, 5.41) is 8.59. The fraction of sp³-hybridized carbons (Fsp3) is 0.812. The van der Waals surface area contributed by atoms with E-state index in [2.05, 4.69) is 16.0 Å². The first-order valence-electron chi connectivity index (χ1n) is 8.32. The minimum atomic E-state index is -0.491. The molecule has 3 N–H and O–H groups in total. The largest absolute Gasteiger partial charge is 0.444 e. The molecule has 7 nitrogen and oxygen atoms in total. The van der Waals surface area contributed by atoms with Crippen molar-refractivity contribution in [3.63, 3.8) is 0 Å². The van der Waals surface area contributed by atoms with E-state index in [0.29, 0.717) is 12.8 Å². The number of hydrogen-bond acceptors (Lipinski definition) is 5. The maximum absolute atomic E-state index is 11.8. The molecule has 23 heavy (non-hydrogen) atoms. The van der Waals surface area contributed by atoms with Crippen LogP contribution in [0.5, 0.6) is 0 Å². The zero-order chi connectivity index (χ0) is 17.0. The zero-order valence-corrected chi connectivity index (χ0v) is 14.1. The van der Waals surface area contributed by atoms with Crippen LogP contribution < -0.4 is 16.0 Å². The van der Waals surface area contributed by atoms with Crippen molar-refractivity contribution in [3.05, 3.63) is 0 Å². The van der Waals surface area contributed by atoms with Crippen LogP contribution in [0.25, 0.3) is 0 Å². The molecule has 2 fully saturated rings. The average Bonchev–Trinajstić information content (AvgIpc) is 2.42. The summed E-state index contributed by atoms with van der Waals surface area (Å²) in [6.07, 6.45) is 4.05. The fourth-order valence-corrected chi connectivity index (χ4v) is 3.02. The van der Waals surface area contributed by atoms with Gasteiger partial charge in [0.05, 0.1) is 6.04 Å². The molecule has 0 spiro atoms. The Balaban J connectivity index is 1.71. The number of piperidine rings is 1. The van der Waals surface area contributed by atoms with Gasteiger partial charge in [-0.25, -0.2) is 4.79 Å². The van der Waals surface area contributed by atoms with E-state index in [1.807, 2.05) is 20.8 Å². The van der Waals surface area contributed by atoms with Gasteiger partial charge in [0, 0.05) is 18.5 Å².